The van der Waals surface area contributed by atoms with E-state index < -0.39 is 18.4 Å². The zero-order valence-electron chi connectivity index (χ0n) is 11.8. The lowest BCUT2D eigenvalue weighted by molar-refractivity contribution is -0.137. The summed E-state index contributed by atoms with van der Waals surface area (Å²) < 4.78 is 51.5. The number of nitrogens with one attached hydrogen (secondary N) is 1. The minimum atomic E-state index is -4.45. The Hall–Kier alpha value is -0.560. The molecule has 2 rings (SSSR count). The number of nitrogens with zero attached hydrogens (tertiary/aromatic N) is 1. The third-order valence-electron chi connectivity index (χ3n) is 3.61. The van der Waals surface area contributed by atoms with Crippen molar-refractivity contribution in [3.63, 3.8) is 0 Å². The lowest BCUT2D eigenvalue weighted by atomic mass is 9.99. The van der Waals surface area contributed by atoms with Crippen molar-refractivity contribution in [3.05, 3.63) is 34.3 Å². The number of rotatable bonds is 4. The fraction of sp³-hybridized carbons (Fsp3) is 0.571. The molecule has 0 radical (unpaired) electrons. The van der Waals surface area contributed by atoms with Crippen LogP contribution in [0.3, 0.4) is 0 Å². The van der Waals surface area contributed by atoms with Crippen molar-refractivity contribution in [1.29, 1.82) is 0 Å². The number of alkyl halides is 4. The van der Waals surface area contributed by atoms with Gasteiger partial charge in [-0.2, -0.15) is 13.2 Å². The molecule has 0 amide bonds. The summed E-state index contributed by atoms with van der Waals surface area (Å²) in [5.74, 6) is 0. The van der Waals surface area contributed by atoms with E-state index >= 15 is 0 Å². The van der Waals surface area contributed by atoms with E-state index in [0.29, 0.717) is 18.7 Å². The standard InChI is InChI=1S/C14H17ClF4N2.ClH/c15-12-8-10(7-11(9-12)14(17,18)19)13(1-2-16)21-5-3-20-4-6-21;/h7-9,13,20H,1-6H2;1H/t13-;/m1./s1. The van der Waals surface area contributed by atoms with Crippen molar-refractivity contribution in [2.24, 2.45) is 0 Å². The summed E-state index contributed by atoms with van der Waals surface area (Å²) in [6, 6.07) is 3.10. The van der Waals surface area contributed by atoms with Gasteiger partial charge >= 0.3 is 6.18 Å². The fourth-order valence-electron chi connectivity index (χ4n) is 2.63. The van der Waals surface area contributed by atoms with Crippen LogP contribution in [0.25, 0.3) is 0 Å². The van der Waals surface area contributed by atoms with E-state index in [0.717, 1.165) is 25.2 Å². The Morgan fingerprint density at radius 2 is 1.82 bits per heavy atom. The van der Waals surface area contributed by atoms with Crippen molar-refractivity contribution in [2.45, 2.75) is 18.6 Å². The zero-order valence-corrected chi connectivity index (χ0v) is 13.4. The Bertz CT molecular complexity index is 476. The normalized spacial score (nSPS) is 17.9. The second-order valence-corrected chi connectivity index (χ2v) is 5.49. The lowest BCUT2D eigenvalue weighted by Gasteiger charge is -2.35. The molecule has 1 N–H and O–H groups in total. The highest BCUT2D eigenvalue weighted by molar-refractivity contribution is 6.30. The van der Waals surface area contributed by atoms with E-state index in [9.17, 15) is 17.6 Å². The predicted molar refractivity (Wildman–Crippen MR) is 81.5 cm³/mol. The Kier molecular flexibility index (Phi) is 7.38. The molecule has 1 heterocycles. The quantitative estimate of drug-likeness (QED) is 0.813. The molecule has 0 bridgehead atoms. The lowest BCUT2D eigenvalue weighted by Crippen LogP contribution is -2.45. The van der Waals surface area contributed by atoms with Gasteiger partial charge in [0.1, 0.15) is 0 Å². The molecule has 1 aliphatic rings. The number of piperazine rings is 1. The SMILES string of the molecule is Cl.FCC[C@H](c1cc(Cl)cc(C(F)(F)F)c1)N1CCNCC1. The monoisotopic (exact) mass is 360 g/mol. The smallest absolute Gasteiger partial charge is 0.314 e. The first-order chi connectivity index (χ1) is 9.91. The molecule has 0 spiro atoms. The Morgan fingerprint density at radius 1 is 1.18 bits per heavy atom. The van der Waals surface area contributed by atoms with Gasteiger partial charge in [0.25, 0.3) is 0 Å². The van der Waals surface area contributed by atoms with Gasteiger partial charge in [0.2, 0.25) is 0 Å². The molecule has 0 unspecified atom stereocenters. The van der Waals surface area contributed by atoms with E-state index in [4.69, 9.17) is 11.6 Å². The van der Waals surface area contributed by atoms with Gasteiger partial charge in [-0.05, 0) is 30.2 Å². The van der Waals surface area contributed by atoms with Crippen LogP contribution in [0.2, 0.25) is 5.02 Å². The largest absolute Gasteiger partial charge is 0.416 e. The highest BCUT2D eigenvalue weighted by Gasteiger charge is 2.32. The first kappa shape index (κ1) is 19.5. The third-order valence-corrected chi connectivity index (χ3v) is 3.83. The molecule has 2 nitrogen and oxygen atoms in total. The van der Waals surface area contributed by atoms with Crippen LogP contribution < -0.4 is 5.32 Å². The number of hydrogen-bond donors (Lipinski definition) is 1. The topological polar surface area (TPSA) is 15.3 Å². The van der Waals surface area contributed by atoms with Gasteiger partial charge in [0.15, 0.2) is 0 Å². The molecule has 0 aliphatic carbocycles. The maximum atomic E-state index is 12.9. The second kappa shape index (κ2) is 8.34. The van der Waals surface area contributed by atoms with Gasteiger partial charge in [-0.3, -0.25) is 9.29 Å². The van der Waals surface area contributed by atoms with Gasteiger partial charge in [0, 0.05) is 37.2 Å². The maximum absolute atomic E-state index is 12.9. The number of benzene rings is 1. The van der Waals surface area contributed by atoms with Crippen molar-refractivity contribution in [1.82, 2.24) is 10.2 Å². The Balaban J connectivity index is 0.00000242. The maximum Gasteiger partial charge on any atom is 0.416 e. The molecule has 22 heavy (non-hydrogen) atoms. The van der Waals surface area contributed by atoms with Crippen molar-refractivity contribution in [2.75, 3.05) is 32.9 Å². The van der Waals surface area contributed by atoms with Crippen molar-refractivity contribution in [3.8, 4) is 0 Å². The second-order valence-electron chi connectivity index (χ2n) is 5.05. The summed E-state index contributed by atoms with van der Waals surface area (Å²) in [4.78, 5) is 2.00. The summed E-state index contributed by atoms with van der Waals surface area (Å²) in [6.07, 6.45) is -4.29. The summed E-state index contributed by atoms with van der Waals surface area (Å²) in [5.41, 5.74) is -0.363. The third kappa shape index (κ3) is 4.98. The van der Waals surface area contributed by atoms with Gasteiger partial charge in [-0.1, -0.05) is 11.6 Å². The van der Waals surface area contributed by atoms with Crippen LogP contribution in [-0.2, 0) is 6.18 Å². The van der Waals surface area contributed by atoms with E-state index in [1.807, 2.05) is 4.90 Å². The highest BCUT2D eigenvalue weighted by Crippen LogP contribution is 2.35. The molecule has 1 aromatic rings. The molecular formula is C14H18Cl2F4N2. The Labute approximate surface area is 138 Å². The average Bonchev–Trinajstić information content (AvgIpc) is 2.44. The van der Waals surface area contributed by atoms with Crippen LogP contribution in [0.5, 0.6) is 0 Å². The highest BCUT2D eigenvalue weighted by atomic mass is 35.5. The number of halogens is 6. The van der Waals surface area contributed by atoms with Gasteiger partial charge in [-0.15, -0.1) is 12.4 Å². The van der Waals surface area contributed by atoms with Crippen LogP contribution in [-0.4, -0.2) is 37.8 Å². The fourth-order valence-corrected chi connectivity index (χ4v) is 2.87. The molecule has 1 aliphatic heterocycles. The summed E-state index contributed by atoms with van der Waals surface area (Å²) in [6.45, 7) is 2.27. The van der Waals surface area contributed by atoms with Crippen LogP contribution in [0.1, 0.15) is 23.6 Å². The molecular weight excluding hydrogens is 343 g/mol. The minimum Gasteiger partial charge on any atom is -0.314 e. The molecule has 1 atom stereocenters. The molecule has 1 aromatic carbocycles. The van der Waals surface area contributed by atoms with Gasteiger partial charge < -0.3 is 5.32 Å². The van der Waals surface area contributed by atoms with E-state index in [2.05, 4.69) is 5.32 Å². The van der Waals surface area contributed by atoms with Crippen LogP contribution in [0, 0.1) is 0 Å². The minimum absolute atomic E-state index is 0. The van der Waals surface area contributed by atoms with Crippen LogP contribution in [0.15, 0.2) is 18.2 Å². The van der Waals surface area contributed by atoms with E-state index in [-0.39, 0.29) is 29.9 Å². The van der Waals surface area contributed by atoms with Crippen molar-refractivity contribution >= 4 is 24.0 Å². The van der Waals surface area contributed by atoms with Gasteiger partial charge in [-0.25, -0.2) is 0 Å². The van der Waals surface area contributed by atoms with Crippen molar-refractivity contribution < 1.29 is 17.6 Å². The summed E-state index contributed by atoms with van der Waals surface area (Å²) in [7, 11) is 0. The number of hydrogen-bond acceptors (Lipinski definition) is 2. The predicted octanol–water partition coefficient (Wildman–Crippen LogP) is 4.09. The summed E-state index contributed by atoms with van der Waals surface area (Å²) in [5, 5.41) is 3.20. The van der Waals surface area contributed by atoms with E-state index in [1.165, 1.54) is 6.07 Å². The first-order valence-electron chi connectivity index (χ1n) is 6.80. The van der Waals surface area contributed by atoms with Gasteiger partial charge in [0.05, 0.1) is 12.2 Å². The average molecular weight is 361 g/mol. The molecule has 1 saturated heterocycles. The molecule has 0 aromatic heterocycles. The molecule has 126 valence electrons. The van der Waals surface area contributed by atoms with Crippen LogP contribution >= 0.6 is 24.0 Å². The molecule has 1 fully saturated rings. The van der Waals surface area contributed by atoms with Crippen LogP contribution in [0.4, 0.5) is 17.6 Å². The summed E-state index contributed by atoms with van der Waals surface area (Å²) >= 11 is 5.81. The molecule has 8 heteroatoms. The zero-order chi connectivity index (χ0) is 15.5. The Morgan fingerprint density at radius 3 is 2.36 bits per heavy atom. The molecule has 0 saturated carbocycles. The van der Waals surface area contributed by atoms with E-state index in [1.54, 1.807) is 0 Å². The first-order valence-corrected chi connectivity index (χ1v) is 7.18.